The summed E-state index contributed by atoms with van der Waals surface area (Å²) >= 11 is 0. The van der Waals surface area contributed by atoms with Gasteiger partial charge in [-0.05, 0) is 25.7 Å². The number of nitrogens with zero attached hydrogens (tertiary/aromatic N) is 4. The maximum Gasteiger partial charge on any atom is 0.0160 e. The molecule has 0 aromatic rings. The van der Waals surface area contributed by atoms with E-state index in [0.717, 1.165) is 26.2 Å². The molecule has 0 unspecified atom stereocenters. The molecule has 0 aromatic carbocycles. The van der Waals surface area contributed by atoms with Gasteiger partial charge in [-0.25, -0.2) is 15.0 Å². The molecule has 0 saturated carbocycles. The Hall–Kier alpha value is -0.160. The van der Waals surface area contributed by atoms with E-state index in [0.29, 0.717) is 0 Å². The van der Waals surface area contributed by atoms with Crippen molar-refractivity contribution in [3.63, 3.8) is 0 Å². The van der Waals surface area contributed by atoms with Crippen LogP contribution in [0.1, 0.15) is 66.2 Å². The highest BCUT2D eigenvalue weighted by Gasteiger charge is 2.22. The van der Waals surface area contributed by atoms with Gasteiger partial charge in [-0.15, -0.1) is 5.23 Å². The lowest BCUT2D eigenvalue weighted by Gasteiger charge is -2.45. The van der Waals surface area contributed by atoms with Gasteiger partial charge >= 0.3 is 0 Å². The van der Waals surface area contributed by atoms with Crippen molar-refractivity contribution in [1.29, 1.82) is 0 Å². The maximum absolute atomic E-state index is 2.51. The van der Waals surface area contributed by atoms with Gasteiger partial charge in [-0.1, -0.05) is 40.5 Å². The van der Waals surface area contributed by atoms with Crippen molar-refractivity contribution in [2.45, 2.75) is 66.2 Å². The molecule has 0 amide bonds. The first-order chi connectivity index (χ1) is 9.62. The van der Waals surface area contributed by atoms with Crippen LogP contribution >= 0.6 is 0 Å². The Morgan fingerprint density at radius 1 is 0.550 bits per heavy atom. The molecule has 122 valence electrons. The Bertz CT molecular complexity index is 203. The van der Waals surface area contributed by atoms with Crippen LogP contribution in [0, 0.1) is 0 Å². The second-order valence-corrected chi connectivity index (χ2v) is 5.73. The summed E-state index contributed by atoms with van der Waals surface area (Å²) in [6.07, 6.45) is 7.48. The fraction of sp³-hybridized carbons (Fsp3) is 1.00. The van der Waals surface area contributed by atoms with E-state index in [2.05, 4.69) is 62.0 Å². The summed E-state index contributed by atoms with van der Waals surface area (Å²) in [7, 11) is 4.31. The number of rotatable bonds is 13. The molecule has 0 heterocycles. The molecule has 0 rings (SSSR count). The highest BCUT2D eigenvalue weighted by atomic mass is 16.0. The largest absolute Gasteiger partial charge is 0.220 e. The highest BCUT2D eigenvalue weighted by Crippen LogP contribution is 2.11. The Balaban J connectivity index is 4.82. The molecular formula is C16H38N4. The Morgan fingerprint density at radius 2 is 1.00 bits per heavy atom. The molecule has 0 aliphatic rings. The predicted octanol–water partition coefficient (Wildman–Crippen LogP) is 3.62. The number of hydrogen-bond acceptors (Lipinski definition) is 4. The van der Waals surface area contributed by atoms with Gasteiger partial charge in [0.05, 0.1) is 0 Å². The van der Waals surface area contributed by atoms with Gasteiger partial charge in [0.25, 0.3) is 0 Å². The summed E-state index contributed by atoms with van der Waals surface area (Å²) < 4.78 is 0. The summed E-state index contributed by atoms with van der Waals surface area (Å²) in [5.74, 6) is 0. The summed E-state index contributed by atoms with van der Waals surface area (Å²) in [4.78, 5) is 0. The van der Waals surface area contributed by atoms with Crippen molar-refractivity contribution in [1.82, 2.24) is 20.3 Å². The molecule has 0 bridgehead atoms. The third kappa shape index (κ3) is 7.58. The molecular weight excluding hydrogens is 248 g/mol. The highest BCUT2D eigenvalue weighted by molar-refractivity contribution is 4.57. The molecule has 4 nitrogen and oxygen atoms in total. The van der Waals surface area contributed by atoms with Crippen LogP contribution < -0.4 is 0 Å². The van der Waals surface area contributed by atoms with Gasteiger partial charge in [-0.3, -0.25) is 0 Å². The Kier molecular flexibility index (Phi) is 12.5. The molecule has 0 N–H and O–H groups in total. The first kappa shape index (κ1) is 19.8. The molecule has 20 heavy (non-hydrogen) atoms. The average Bonchev–Trinajstić information content (AvgIpc) is 2.39. The van der Waals surface area contributed by atoms with E-state index in [4.69, 9.17) is 0 Å². The summed E-state index contributed by atoms with van der Waals surface area (Å²) in [6, 6.07) is 0. The van der Waals surface area contributed by atoms with Crippen molar-refractivity contribution < 1.29 is 0 Å². The van der Waals surface area contributed by atoms with Crippen molar-refractivity contribution in [2.75, 3.05) is 40.3 Å². The van der Waals surface area contributed by atoms with E-state index < -0.39 is 0 Å². The van der Waals surface area contributed by atoms with Crippen LogP contribution in [0.15, 0.2) is 0 Å². The summed E-state index contributed by atoms with van der Waals surface area (Å²) in [5.41, 5.74) is 0. The molecule has 4 heteroatoms. The van der Waals surface area contributed by atoms with E-state index in [9.17, 15) is 0 Å². The molecule has 0 saturated heterocycles. The lowest BCUT2D eigenvalue weighted by atomic mass is 10.2. The quantitative estimate of drug-likeness (QED) is 0.379. The van der Waals surface area contributed by atoms with Crippen LogP contribution in [0.25, 0.3) is 0 Å². The van der Waals surface area contributed by atoms with Gasteiger partial charge in [0.2, 0.25) is 0 Å². The maximum atomic E-state index is 2.51. The third-order valence-electron chi connectivity index (χ3n) is 3.33. The normalized spacial score (nSPS) is 12.3. The van der Waals surface area contributed by atoms with E-state index in [1.54, 1.807) is 0 Å². The smallest absolute Gasteiger partial charge is 0.0160 e. The predicted molar refractivity (Wildman–Crippen MR) is 89.1 cm³/mol. The SMILES string of the molecule is CCCCCN(CCC)N(N(C)C)N(CCC)CCC. The van der Waals surface area contributed by atoms with Crippen LogP contribution in [0.3, 0.4) is 0 Å². The fourth-order valence-corrected chi connectivity index (χ4v) is 2.58. The van der Waals surface area contributed by atoms with Gasteiger partial charge in [-0.2, -0.15) is 0 Å². The minimum atomic E-state index is 1.13. The Morgan fingerprint density at radius 3 is 1.35 bits per heavy atom. The summed E-state index contributed by atoms with van der Waals surface area (Å²) in [6.45, 7) is 13.6. The monoisotopic (exact) mass is 286 g/mol. The van der Waals surface area contributed by atoms with Crippen molar-refractivity contribution in [3.8, 4) is 0 Å². The van der Waals surface area contributed by atoms with Crippen LogP contribution in [0.5, 0.6) is 0 Å². The van der Waals surface area contributed by atoms with Gasteiger partial charge < -0.3 is 0 Å². The van der Waals surface area contributed by atoms with Crippen molar-refractivity contribution >= 4 is 0 Å². The minimum absolute atomic E-state index is 1.13. The average molecular weight is 287 g/mol. The third-order valence-corrected chi connectivity index (χ3v) is 3.33. The molecule has 0 atom stereocenters. The van der Waals surface area contributed by atoms with Crippen molar-refractivity contribution in [2.24, 2.45) is 0 Å². The zero-order chi connectivity index (χ0) is 15.4. The van der Waals surface area contributed by atoms with Crippen LogP contribution in [0.4, 0.5) is 0 Å². The molecule has 0 spiro atoms. The second kappa shape index (κ2) is 12.6. The second-order valence-electron chi connectivity index (χ2n) is 5.73. The zero-order valence-electron chi connectivity index (χ0n) is 14.9. The van der Waals surface area contributed by atoms with Crippen LogP contribution in [-0.2, 0) is 0 Å². The molecule has 0 fully saturated rings. The standard InChI is InChI=1S/C16H38N4/c1-7-11-12-16-19(15-10-4)20(17(5)6)18(13-8-2)14-9-3/h7-16H2,1-6H3. The topological polar surface area (TPSA) is 13.0 Å². The lowest BCUT2D eigenvalue weighted by Crippen LogP contribution is -2.60. The van der Waals surface area contributed by atoms with Gasteiger partial charge in [0, 0.05) is 40.3 Å². The summed E-state index contributed by atoms with van der Waals surface area (Å²) in [5, 5.41) is 9.61. The van der Waals surface area contributed by atoms with E-state index in [1.807, 2.05) is 0 Å². The first-order valence-corrected chi connectivity index (χ1v) is 8.59. The first-order valence-electron chi connectivity index (χ1n) is 8.59. The number of unbranched alkanes of at least 4 members (excludes halogenated alkanes) is 2. The lowest BCUT2D eigenvalue weighted by molar-refractivity contribution is -0.293. The van der Waals surface area contributed by atoms with Crippen LogP contribution in [-0.4, -0.2) is 60.5 Å². The minimum Gasteiger partial charge on any atom is -0.220 e. The number of hydrogen-bond donors (Lipinski definition) is 0. The molecule has 0 aliphatic heterocycles. The van der Waals surface area contributed by atoms with Crippen molar-refractivity contribution in [3.05, 3.63) is 0 Å². The van der Waals surface area contributed by atoms with E-state index in [1.165, 1.54) is 38.5 Å². The van der Waals surface area contributed by atoms with Gasteiger partial charge in [0.1, 0.15) is 0 Å². The Labute approximate surface area is 127 Å². The van der Waals surface area contributed by atoms with Crippen LogP contribution in [0.2, 0.25) is 0 Å². The molecule has 0 aliphatic carbocycles. The van der Waals surface area contributed by atoms with Gasteiger partial charge in [0.15, 0.2) is 0 Å². The molecule has 0 radical (unpaired) electrons. The zero-order valence-corrected chi connectivity index (χ0v) is 14.9. The molecule has 0 aromatic heterocycles. The fourth-order valence-electron chi connectivity index (χ4n) is 2.58. The van der Waals surface area contributed by atoms with E-state index in [-0.39, 0.29) is 0 Å². The number of hydrazine groups is 3. The van der Waals surface area contributed by atoms with E-state index >= 15 is 0 Å².